The van der Waals surface area contributed by atoms with Crippen LogP contribution in [0.4, 0.5) is 5.82 Å². The molecule has 1 unspecified atom stereocenters. The van der Waals surface area contributed by atoms with Crippen LogP contribution in [0.5, 0.6) is 0 Å². The Morgan fingerprint density at radius 3 is 2.93 bits per heavy atom. The molecule has 82 valence electrons. The van der Waals surface area contributed by atoms with Crippen LogP contribution in [0.15, 0.2) is 17.0 Å². The normalized spacial score (nSPS) is 25.5. The van der Waals surface area contributed by atoms with E-state index in [1.165, 1.54) is 0 Å². The Hall–Kier alpha value is -0.680. The van der Waals surface area contributed by atoms with E-state index in [0.29, 0.717) is 0 Å². The SMILES string of the molecule is CCC1(Nc2cnc(Br)cn2)CCOC1. The summed E-state index contributed by atoms with van der Waals surface area (Å²) in [5.41, 5.74) is 0.0442. The van der Waals surface area contributed by atoms with Gasteiger partial charge in [-0.1, -0.05) is 6.92 Å². The molecule has 0 spiro atoms. The third kappa shape index (κ3) is 2.46. The molecule has 2 rings (SSSR count). The molecule has 0 radical (unpaired) electrons. The number of ether oxygens (including phenoxy) is 1. The lowest BCUT2D eigenvalue weighted by Gasteiger charge is -2.27. The molecule has 2 heterocycles. The number of aromatic nitrogens is 2. The minimum absolute atomic E-state index is 0.0442. The van der Waals surface area contributed by atoms with Crippen LogP contribution in [0.25, 0.3) is 0 Å². The molecule has 0 aliphatic carbocycles. The first kappa shape index (κ1) is 10.8. The molecule has 0 aromatic carbocycles. The Kier molecular flexibility index (Phi) is 3.21. The quantitative estimate of drug-likeness (QED) is 0.916. The fraction of sp³-hybridized carbons (Fsp3) is 0.600. The summed E-state index contributed by atoms with van der Waals surface area (Å²) in [6.45, 7) is 3.74. The Labute approximate surface area is 97.6 Å². The molecule has 1 fully saturated rings. The van der Waals surface area contributed by atoms with Crippen molar-refractivity contribution in [2.24, 2.45) is 0 Å². The third-order valence-electron chi connectivity index (χ3n) is 2.79. The maximum absolute atomic E-state index is 5.43. The lowest BCUT2D eigenvalue weighted by Crippen LogP contribution is -2.38. The average Bonchev–Trinajstić information content (AvgIpc) is 2.71. The first-order valence-electron chi connectivity index (χ1n) is 5.08. The molecule has 1 saturated heterocycles. The number of nitrogens with zero attached hydrogens (tertiary/aromatic N) is 2. The number of nitrogens with one attached hydrogen (secondary N) is 1. The van der Waals surface area contributed by atoms with E-state index in [2.05, 4.69) is 38.1 Å². The minimum atomic E-state index is 0.0442. The molecule has 1 N–H and O–H groups in total. The molecule has 15 heavy (non-hydrogen) atoms. The van der Waals surface area contributed by atoms with Gasteiger partial charge >= 0.3 is 0 Å². The summed E-state index contributed by atoms with van der Waals surface area (Å²) in [5.74, 6) is 0.811. The topological polar surface area (TPSA) is 47.0 Å². The van der Waals surface area contributed by atoms with Crippen molar-refractivity contribution < 1.29 is 4.74 Å². The Bertz CT molecular complexity index is 322. The van der Waals surface area contributed by atoms with E-state index in [1.807, 2.05) is 0 Å². The molecule has 0 bridgehead atoms. The van der Waals surface area contributed by atoms with E-state index in [0.717, 1.165) is 36.5 Å². The molecule has 0 amide bonds. The van der Waals surface area contributed by atoms with Crippen molar-refractivity contribution in [2.75, 3.05) is 18.5 Å². The fourth-order valence-corrected chi connectivity index (χ4v) is 1.93. The molecule has 1 aliphatic heterocycles. The van der Waals surface area contributed by atoms with Crippen LogP contribution in [0, 0.1) is 0 Å². The average molecular weight is 272 g/mol. The van der Waals surface area contributed by atoms with Crippen molar-refractivity contribution >= 4 is 21.7 Å². The van der Waals surface area contributed by atoms with Gasteiger partial charge in [-0.25, -0.2) is 9.97 Å². The van der Waals surface area contributed by atoms with Gasteiger partial charge in [-0.3, -0.25) is 0 Å². The lowest BCUT2D eigenvalue weighted by molar-refractivity contribution is 0.181. The van der Waals surface area contributed by atoms with E-state index >= 15 is 0 Å². The zero-order chi connectivity index (χ0) is 10.7. The van der Waals surface area contributed by atoms with Crippen molar-refractivity contribution in [3.63, 3.8) is 0 Å². The van der Waals surface area contributed by atoms with Crippen LogP contribution in [0.3, 0.4) is 0 Å². The van der Waals surface area contributed by atoms with Crippen LogP contribution in [-0.2, 0) is 4.74 Å². The second-order valence-corrected chi connectivity index (χ2v) is 4.60. The first-order chi connectivity index (χ1) is 7.24. The van der Waals surface area contributed by atoms with Crippen LogP contribution >= 0.6 is 15.9 Å². The maximum atomic E-state index is 5.43. The Balaban J connectivity index is 2.09. The molecule has 1 aromatic rings. The van der Waals surface area contributed by atoms with Gasteiger partial charge in [0, 0.05) is 6.61 Å². The molecular formula is C10H14BrN3O. The molecule has 1 atom stereocenters. The van der Waals surface area contributed by atoms with Crippen LogP contribution < -0.4 is 5.32 Å². The summed E-state index contributed by atoms with van der Waals surface area (Å²) < 4.78 is 6.18. The van der Waals surface area contributed by atoms with E-state index in [-0.39, 0.29) is 5.54 Å². The standard InChI is InChI=1S/C10H14BrN3O/c1-2-10(3-4-15-7-10)14-9-6-12-8(11)5-13-9/h5-6H,2-4,7H2,1H3,(H,13,14). The van der Waals surface area contributed by atoms with E-state index < -0.39 is 0 Å². The van der Waals surface area contributed by atoms with Crippen molar-refractivity contribution in [2.45, 2.75) is 25.3 Å². The summed E-state index contributed by atoms with van der Waals surface area (Å²) in [5, 5.41) is 3.41. The van der Waals surface area contributed by atoms with Crippen LogP contribution in [0.2, 0.25) is 0 Å². The highest BCUT2D eigenvalue weighted by Crippen LogP contribution is 2.26. The smallest absolute Gasteiger partial charge is 0.145 e. The third-order valence-corrected chi connectivity index (χ3v) is 3.20. The molecular weight excluding hydrogens is 258 g/mol. The summed E-state index contributed by atoms with van der Waals surface area (Å²) >= 11 is 3.26. The highest BCUT2D eigenvalue weighted by molar-refractivity contribution is 9.10. The van der Waals surface area contributed by atoms with Crippen molar-refractivity contribution in [1.82, 2.24) is 9.97 Å². The van der Waals surface area contributed by atoms with Gasteiger partial charge < -0.3 is 10.1 Å². The summed E-state index contributed by atoms with van der Waals surface area (Å²) in [6.07, 6.45) is 5.49. The van der Waals surface area contributed by atoms with Gasteiger partial charge in [0.25, 0.3) is 0 Å². The number of hydrogen-bond acceptors (Lipinski definition) is 4. The van der Waals surface area contributed by atoms with Crippen molar-refractivity contribution in [3.05, 3.63) is 17.0 Å². The predicted octanol–water partition coefficient (Wildman–Crippen LogP) is 2.22. The van der Waals surface area contributed by atoms with Crippen LogP contribution in [0.1, 0.15) is 19.8 Å². The summed E-state index contributed by atoms with van der Waals surface area (Å²) in [6, 6.07) is 0. The van der Waals surface area contributed by atoms with Crippen molar-refractivity contribution in [1.29, 1.82) is 0 Å². The Morgan fingerprint density at radius 1 is 1.53 bits per heavy atom. The van der Waals surface area contributed by atoms with Crippen LogP contribution in [-0.4, -0.2) is 28.7 Å². The molecule has 1 aliphatic rings. The van der Waals surface area contributed by atoms with E-state index in [4.69, 9.17) is 4.74 Å². The molecule has 0 saturated carbocycles. The van der Waals surface area contributed by atoms with Gasteiger partial charge in [-0.05, 0) is 28.8 Å². The second-order valence-electron chi connectivity index (χ2n) is 3.79. The number of anilines is 1. The van der Waals surface area contributed by atoms with E-state index in [1.54, 1.807) is 12.4 Å². The Morgan fingerprint density at radius 2 is 2.40 bits per heavy atom. The molecule has 5 heteroatoms. The zero-order valence-corrected chi connectivity index (χ0v) is 10.2. The zero-order valence-electron chi connectivity index (χ0n) is 8.66. The summed E-state index contributed by atoms with van der Waals surface area (Å²) in [4.78, 5) is 8.40. The second kappa shape index (κ2) is 4.45. The minimum Gasteiger partial charge on any atom is -0.379 e. The van der Waals surface area contributed by atoms with Crippen molar-refractivity contribution in [3.8, 4) is 0 Å². The largest absolute Gasteiger partial charge is 0.379 e. The monoisotopic (exact) mass is 271 g/mol. The van der Waals surface area contributed by atoms with Gasteiger partial charge in [0.15, 0.2) is 0 Å². The predicted molar refractivity (Wildman–Crippen MR) is 61.8 cm³/mol. The van der Waals surface area contributed by atoms with Gasteiger partial charge in [-0.2, -0.15) is 0 Å². The number of halogens is 1. The van der Waals surface area contributed by atoms with Gasteiger partial charge in [0.2, 0.25) is 0 Å². The highest BCUT2D eigenvalue weighted by atomic mass is 79.9. The maximum Gasteiger partial charge on any atom is 0.145 e. The molecule has 1 aromatic heterocycles. The van der Waals surface area contributed by atoms with E-state index in [9.17, 15) is 0 Å². The highest BCUT2D eigenvalue weighted by Gasteiger charge is 2.33. The number of hydrogen-bond donors (Lipinski definition) is 1. The van der Waals surface area contributed by atoms with Gasteiger partial charge in [-0.15, -0.1) is 0 Å². The molecule has 4 nitrogen and oxygen atoms in total. The first-order valence-corrected chi connectivity index (χ1v) is 5.87. The van der Waals surface area contributed by atoms with Gasteiger partial charge in [0.1, 0.15) is 10.4 Å². The fourth-order valence-electron chi connectivity index (χ4n) is 1.72. The number of rotatable bonds is 3. The summed E-state index contributed by atoms with van der Waals surface area (Å²) in [7, 11) is 0. The lowest BCUT2D eigenvalue weighted by atomic mass is 9.95. The van der Waals surface area contributed by atoms with Gasteiger partial charge in [0.05, 0.1) is 24.5 Å².